The highest BCUT2D eigenvalue weighted by Gasteiger charge is 1.95. The Bertz CT molecular complexity index is 262. The van der Waals surface area contributed by atoms with E-state index in [-0.39, 0.29) is 6.54 Å². The first-order chi connectivity index (χ1) is 6.29. The summed E-state index contributed by atoms with van der Waals surface area (Å²) in [4.78, 5) is 14.2. The molecule has 0 amide bonds. The molecule has 0 aliphatic carbocycles. The highest BCUT2D eigenvalue weighted by Crippen LogP contribution is 1.92. The van der Waals surface area contributed by atoms with Crippen molar-refractivity contribution in [2.24, 2.45) is 0 Å². The molecule has 0 saturated carbocycles. The number of hydrogen-bond acceptors (Lipinski definition) is 3. The number of carboxylic acid groups (broad SMARTS) is 1. The first-order valence-corrected chi connectivity index (χ1v) is 4.11. The van der Waals surface area contributed by atoms with Gasteiger partial charge in [0.25, 0.3) is 0 Å². The normalized spacial score (nSPS) is 9.85. The third-order valence-electron chi connectivity index (χ3n) is 1.56. The predicted molar refractivity (Wildman–Crippen MR) is 48.4 cm³/mol. The molecule has 0 radical (unpaired) electrons. The molecule has 0 fully saturated rings. The number of nitrogens with one attached hydrogen (secondary N) is 1. The summed E-state index contributed by atoms with van der Waals surface area (Å²) >= 11 is 0. The van der Waals surface area contributed by atoms with Crippen LogP contribution in [0.1, 0.15) is 5.69 Å². The SMILES string of the molecule is O=C(O)CNCCc1ccccn1. The minimum Gasteiger partial charge on any atom is -0.480 e. The van der Waals surface area contributed by atoms with Crippen LogP contribution in [0.3, 0.4) is 0 Å². The zero-order valence-electron chi connectivity index (χ0n) is 7.23. The van der Waals surface area contributed by atoms with Crippen LogP contribution in [0.15, 0.2) is 24.4 Å². The van der Waals surface area contributed by atoms with Crippen LogP contribution >= 0.6 is 0 Å². The molecule has 2 N–H and O–H groups in total. The van der Waals surface area contributed by atoms with Gasteiger partial charge in [-0.05, 0) is 12.1 Å². The smallest absolute Gasteiger partial charge is 0.317 e. The molecule has 0 atom stereocenters. The summed E-state index contributed by atoms with van der Waals surface area (Å²) in [5.74, 6) is -0.832. The van der Waals surface area contributed by atoms with E-state index in [0.29, 0.717) is 6.54 Å². The Morgan fingerprint density at radius 2 is 2.38 bits per heavy atom. The Morgan fingerprint density at radius 1 is 1.54 bits per heavy atom. The van der Waals surface area contributed by atoms with Gasteiger partial charge in [0.1, 0.15) is 0 Å². The molecule has 13 heavy (non-hydrogen) atoms. The summed E-state index contributed by atoms with van der Waals surface area (Å²) in [5, 5.41) is 11.1. The van der Waals surface area contributed by atoms with Gasteiger partial charge in [-0.2, -0.15) is 0 Å². The van der Waals surface area contributed by atoms with Crippen LogP contribution in [0.25, 0.3) is 0 Å². The number of carboxylic acids is 1. The summed E-state index contributed by atoms with van der Waals surface area (Å²) in [6.45, 7) is 0.649. The summed E-state index contributed by atoms with van der Waals surface area (Å²) in [5.41, 5.74) is 0.973. The fourth-order valence-corrected chi connectivity index (χ4v) is 0.958. The van der Waals surface area contributed by atoms with Gasteiger partial charge in [0.2, 0.25) is 0 Å². The van der Waals surface area contributed by atoms with Crippen molar-refractivity contribution in [2.45, 2.75) is 6.42 Å². The molecule has 0 aliphatic rings. The quantitative estimate of drug-likeness (QED) is 0.640. The van der Waals surface area contributed by atoms with Crippen LogP contribution in [0.2, 0.25) is 0 Å². The second-order valence-corrected chi connectivity index (χ2v) is 2.64. The second kappa shape index (κ2) is 5.27. The van der Waals surface area contributed by atoms with E-state index in [2.05, 4.69) is 10.3 Å². The van der Waals surface area contributed by atoms with Gasteiger partial charge in [-0.3, -0.25) is 9.78 Å². The maximum Gasteiger partial charge on any atom is 0.317 e. The van der Waals surface area contributed by atoms with E-state index in [9.17, 15) is 4.79 Å². The lowest BCUT2D eigenvalue weighted by atomic mass is 10.3. The van der Waals surface area contributed by atoms with Crippen molar-refractivity contribution in [1.29, 1.82) is 0 Å². The van der Waals surface area contributed by atoms with Crippen molar-refractivity contribution in [3.8, 4) is 0 Å². The molecule has 1 aromatic rings. The molecule has 0 aromatic carbocycles. The van der Waals surface area contributed by atoms with Gasteiger partial charge in [-0.25, -0.2) is 0 Å². The molecular weight excluding hydrogens is 168 g/mol. The van der Waals surface area contributed by atoms with Crippen LogP contribution < -0.4 is 5.32 Å². The van der Waals surface area contributed by atoms with Gasteiger partial charge in [0, 0.05) is 24.9 Å². The van der Waals surface area contributed by atoms with Gasteiger partial charge in [0.05, 0.1) is 6.54 Å². The lowest BCUT2D eigenvalue weighted by Crippen LogP contribution is -2.24. The van der Waals surface area contributed by atoms with Crippen molar-refractivity contribution in [3.63, 3.8) is 0 Å². The van der Waals surface area contributed by atoms with E-state index in [1.54, 1.807) is 6.20 Å². The molecule has 0 bridgehead atoms. The first-order valence-electron chi connectivity index (χ1n) is 4.11. The third kappa shape index (κ3) is 4.22. The van der Waals surface area contributed by atoms with E-state index in [4.69, 9.17) is 5.11 Å². The summed E-state index contributed by atoms with van der Waals surface area (Å²) in [6.07, 6.45) is 2.49. The Labute approximate surface area is 76.6 Å². The highest BCUT2D eigenvalue weighted by molar-refractivity contribution is 5.68. The van der Waals surface area contributed by atoms with Crippen LogP contribution in [0, 0.1) is 0 Å². The molecule has 0 unspecified atom stereocenters. The molecule has 4 heteroatoms. The lowest BCUT2D eigenvalue weighted by Gasteiger charge is -2.00. The topological polar surface area (TPSA) is 62.2 Å². The van der Waals surface area contributed by atoms with Gasteiger partial charge in [-0.1, -0.05) is 6.07 Å². The predicted octanol–water partition coefficient (Wildman–Crippen LogP) is 0.298. The Morgan fingerprint density at radius 3 is 3.00 bits per heavy atom. The Hall–Kier alpha value is -1.42. The van der Waals surface area contributed by atoms with Crippen molar-refractivity contribution >= 4 is 5.97 Å². The average molecular weight is 180 g/mol. The number of hydrogen-bond donors (Lipinski definition) is 2. The molecular formula is C9H12N2O2. The average Bonchev–Trinajstić information content (AvgIpc) is 2.14. The van der Waals surface area contributed by atoms with Crippen LogP contribution in [0.5, 0.6) is 0 Å². The number of aromatic nitrogens is 1. The van der Waals surface area contributed by atoms with E-state index in [0.717, 1.165) is 12.1 Å². The molecule has 1 rings (SSSR count). The number of carbonyl (C=O) groups is 1. The largest absolute Gasteiger partial charge is 0.480 e. The molecule has 1 heterocycles. The van der Waals surface area contributed by atoms with Crippen molar-refractivity contribution in [1.82, 2.24) is 10.3 Å². The fraction of sp³-hybridized carbons (Fsp3) is 0.333. The Balaban J connectivity index is 2.17. The lowest BCUT2D eigenvalue weighted by molar-refractivity contribution is -0.135. The number of nitrogens with zero attached hydrogens (tertiary/aromatic N) is 1. The van der Waals surface area contributed by atoms with Gasteiger partial charge in [-0.15, -0.1) is 0 Å². The second-order valence-electron chi connectivity index (χ2n) is 2.64. The minimum absolute atomic E-state index is 0.00678. The monoisotopic (exact) mass is 180 g/mol. The molecule has 70 valence electrons. The standard InChI is InChI=1S/C9H12N2O2/c12-9(13)7-10-6-4-8-3-1-2-5-11-8/h1-3,5,10H,4,6-7H2,(H,12,13). The summed E-state index contributed by atoms with van der Waals surface area (Å²) in [7, 11) is 0. The van der Waals surface area contributed by atoms with E-state index in [1.165, 1.54) is 0 Å². The number of pyridine rings is 1. The number of rotatable bonds is 5. The molecule has 1 aromatic heterocycles. The molecule has 0 spiro atoms. The maximum atomic E-state index is 10.1. The van der Waals surface area contributed by atoms with E-state index in [1.807, 2.05) is 18.2 Å². The Kier molecular flexibility index (Phi) is 3.92. The summed E-state index contributed by atoms with van der Waals surface area (Å²) < 4.78 is 0. The first kappa shape index (κ1) is 9.67. The molecule has 4 nitrogen and oxygen atoms in total. The van der Waals surface area contributed by atoms with Crippen LogP contribution in [-0.4, -0.2) is 29.1 Å². The van der Waals surface area contributed by atoms with Gasteiger partial charge in [0.15, 0.2) is 0 Å². The fourth-order valence-electron chi connectivity index (χ4n) is 0.958. The van der Waals surface area contributed by atoms with Crippen LogP contribution in [-0.2, 0) is 11.2 Å². The third-order valence-corrected chi connectivity index (χ3v) is 1.56. The van der Waals surface area contributed by atoms with E-state index >= 15 is 0 Å². The maximum absolute atomic E-state index is 10.1. The highest BCUT2D eigenvalue weighted by atomic mass is 16.4. The zero-order chi connectivity index (χ0) is 9.52. The number of aliphatic carboxylic acids is 1. The van der Waals surface area contributed by atoms with Crippen LogP contribution in [0.4, 0.5) is 0 Å². The van der Waals surface area contributed by atoms with Gasteiger partial charge >= 0.3 is 5.97 Å². The van der Waals surface area contributed by atoms with Crippen molar-refractivity contribution in [2.75, 3.05) is 13.1 Å². The van der Waals surface area contributed by atoms with E-state index < -0.39 is 5.97 Å². The zero-order valence-corrected chi connectivity index (χ0v) is 7.23. The molecule has 0 saturated heterocycles. The molecule has 0 aliphatic heterocycles. The van der Waals surface area contributed by atoms with Gasteiger partial charge < -0.3 is 10.4 Å². The van der Waals surface area contributed by atoms with Crippen molar-refractivity contribution < 1.29 is 9.90 Å². The summed E-state index contributed by atoms with van der Waals surface area (Å²) in [6, 6.07) is 5.69. The van der Waals surface area contributed by atoms with Crippen molar-refractivity contribution in [3.05, 3.63) is 30.1 Å². The minimum atomic E-state index is -0.832.